The number of halogens is 2. The molecule has 2 amide bonds. The number of anilines is 1. The van der Waals surface area contributed by atoms with Crippen LogP contribution in [0.4, 0.5) is 14.5 Å². The van der Waals surface area contributed by atoms with Crippen LogP contribution in [0.2, 0.25) is 0 Å². The Labute approximate surface area is 229 Å². The minimum Gasteiger partial charge on any atom is -0.361 e. The van der Waals surface area contributed by atoms with Crippen LogP contribution in [0.15, 0.2) is 47.1 Å². The first kappa shape index (κ1) is 25.8. The summed E-state index contributed by atoms with van der Waals surface area (Å²) in [7, 11) is 0. The summed E-state index contributed by atoms with van der Waals surface area (Å²) in [5, 5.41) is 13.5. The summed E-state index contributed by atoms with van der Waals surface area (Å²) in [6.45, 7) is 3.66. The summed E-state index contributed by atoms with van der Waals surface area (Å²) in [5.41, 5.74) is 5.44. The fourth-order valence-electron chi connectivity index (χ4n) is 5.18. The van der Waals surface area contributed by atoms with E-state index in [1.165, 1.54) is 17.2 Å². The van der Waals surface area contributed by atoms with Crippen molar-refractivity contribution in [1.29, 1.82) is 0 Å². The number of carbonyl (C=O) groups excluding carboxylic acids is 2. The van der Waals surface area contributed by atoms with Gasteiger partial charge in [-0.2, -0.15) is 0 Å². The van der Waals surface area contributed by atoms with E-state index in [0.717, 1.165) is 40.3 Å². The van der Waals surface area contributed by atoms with Gasteiger partial charge in [0, 0.05) is 23.7 Å². The van der Waals surface area contributed by atoms with Crippen molar-refractivity contribution in [2.45, 2.75) is 39.2 Å². The number of aryl methyl sites for hydroxylation is 2. The van der Waals surface area contributed by atoms with E-state index in [9.17, 15) is 18.4 Å². The zero-order chi connectivity index (χ0) is 28.1. The maximum Gasteiger partial charge on any atom is 0.286 e. The molecule has 1 aliphatic rings. The number of amides is 2. The molecule has 204 valence electrons. The Balaban J connectivity index is 1.56. The number of piperidine rings is 1. The Morgan fingerprint density at radius 2 is 2.00 bits per heavy atom. The third-order valence-electron chi connectivity index (χ3n) is 6.94. The average molecular weight is 565 g/mol. The second-order valence-electron chi connectivity index (χ2n) is 9.43. The minimum atomic E-state index is -1.06. The second-order valence-corrected chi connectivity index (χ2v) is 10.4. The highest BCUT2D eigenvalue weighted by atomic mass is 32.1. The Bertz CT molecular complexity index is 1780. The number of hydrogen-bond acceptors (Lipinski definition) is 8. The molecule has 1 fully saturated rings. The molecule has 4 heterocycles. The van der Waals surface area contributed by atoms with Crippen LogP contribution in [-0.2, 0) is 4.79 Å². The number of rotatable bonds is 5. The topological polar surface area (TPSA) is 126 Å². The number of imidazole rings is 1. The van der Waals surface area contributed by atoms with Crippen molar-refractivity contribution in [3.8, 4) is 16.3 Å². The van der Waals surface area contributed by atoms with Crippen molar-refractivity contribution in [3.05, 3.63) is 76.4 Å². The number of benzene rings is 2. The van der Waals surface area contributed by atoms with Gasteiger partial charge in [-0.1, -0.05) is 22.6 Å². The van der Waals surface area contributed by atoms with Crippen LogP contribution in [0.3, 0.4) is 0 Å². The summed E-state index contributed by atoms with van der Waals surface area (Å²) in [6.07, 6.45) is 2.63. The molecule has 10 nitrogen and oxygen atoms in total. The van der Waals surface area contributed by atoms with E-state index in [-0.39, 0.29) is 22.9 Å². The molecular formula is C27H22F2N6O4S. The zero-order valence-corrected chi connectivity index (χ0v) is 22.1. The zero-order valence-electron chi connectivity index (χ0n) is 21.3. The van der Waals surface area contributed by atoms with Crippen molar-refractivity contribution >= 4 is 39.9 Å². The van der Waals surface area contributed by atoms with E-state index in [4.69, 9.17) is 14.7 Å². The normalized spacial score (nSPS) is 15.7. The van der Waals surface area contributed by atoms with Gasteiger partial charge in [0.15, 0.2) is 16.8 Å². The van der Waals surface area contributed by atoms with Gasteiger partial charge in [0.1, 0.15) is 16.5 Å². The third kappa shape index (κ3) is 4.23. The first-order valence-corrected chi connectivity index (χ1v) is 13.2. The highest BCUT2D eigenvalue weighted by Crippen LogP contribution is 2.40. The standard InChI is InChI=1S/C27H22F2N6O4S/c1-13-24(14(2)39-33-13)15-6-9-20-19(10-15)31-25(35(20)27-30-12-22(40-27)26(37)32-38)21-4-3-5-23(36)34(21)16-7-8-17(28)18(29)11-16/h6-12,21,38H,3-5H2,1-2H3,(H,32,37)/t21-/m0/s1. The third-order valence-corrected chi connectivity index (χ3v) is 7.92. The molecule has 3 aromatic heterocycles. The molecule has 0 radical (unpaired) electrons. The molecule has 1 atom stereocenters. The van der Waals surface area contributed by atoms with Crippen molar-refractivity contribution in [2.75, 3.05) is 4.90 Å². The molecule has 0 bridgehead atoms. The van der Waals surface area contributed by atoms with Gasteiger partial charge in [0.2, 0.25) is 5.91 Å². The number of hydrogen-bond donors (Lipinski definition) is 2. The monoisotopic (exact) mass is 564 g/mol. The van der Waals surface area contributed by atoms with Crippen molar-refractivity contribution in [2.24, 2.45) is 0 Å². The largest absolute Gasteiger partial charge is 0.361 e. The SMILES string of the molecule is Cc1noc(C)c1-c1ccc2c(c1)nc([C@@H]1CCCC(=O)N1c1ccc(F)c(F)c1)n2-c1ncc(C(=O)NO)s1. The van der Waals surface area contributed by atoms with E-state index >= 15 is 0 Å². The number of nitrogens with zero attached hydrogens (tertiary/aromatic N) is 5. The molecule has 13 heteroatoms. The van der Waals surface area contributed by atoms with Gasteiger partial charge in [-0.3, -0.25) is 19.4 Å². The molecule has 5 aromatic rings. The van der Waals surface area contributed by atoms with Crippen LogP contribution in [0.25, 0.3) is 27.3 Å². The molecule has 0 aliphatic carbocycles. The van der Waals surface area contributed by atoms with E-state index in [2.05, 4.69) is 10.1 Å². The van der Waals surface area contributed by atoms with Gasteiger partial charge < -0.3 is 9.42 Å². The molecular weight excluding hydrogens is 542 g/mol. The Morgan fingerprint density at radius 3 is 2.73 bits per heavy atom. The fraction of sp³-hybridized carbons (Fsp3) is 0.222. The van der Waals surface area contributed by atoms with Crippen molar-refractivity contribution in [3.63, 3.8) is 0 Å². The molecule has 0 spiro atoms. The van der Waals surface area contributed by atoms with Gasteiger partial charge in [0.25, 0.3) is 5.91 Å². The molecule has 2 N–H and O–H groups in total. The van der Waals surface area contributed by atoms with E-state index in [1.54, 1.807) is 10.0 Å². The van der Waals surface area contributed by atoms with Gasteiger partial charge in [-0.05, 0) is 56.5 Å². The highest BCUT2D eigenvalue weighted by molar-refractivity contribution is 7.16. The van der Waals surface area contributed by atoms with Gasteiger partial charge >= 0.3 is 0 Å². The van der Waals surface area contributed by atoms with E-state index in [1.807, 2.05) is 32.0 Å². The molecule has 1 saturated heterocycles. The summed E-state index contributed by atoms with van der Waals surface area (Å²) in [6, 6.07) is 8.34. The summed E-state index contributed by atoms with van der Waals surface area (Å²) >= 11 is 1.03. The quantitative estimate of drug-likeness (QED) is 0.216. The Morgan fingerprint density at radius 1 is 1.18 bits per heavy atom. The first-order chi connectivity index (χ1) is 19.3. The fourth-order valence-corrected chi connectivity index (χ4v) is 6.00. The van der Waals surface area contributed by atoms with Crippen LogP contribution in [0, 0.1) is 25.5 Å². The molecule has 1 aliphatic heterocycles. The summed E-state index contributed by atoms with van der Waals surface area (Å²) in [4.78, 5) is 36.2. The van der Waals surface area contributed by atoms with Gasteiger partial charge in [-0.15, -0.1) is 0 Å². The molecule has 2 aromatic carbocycles. The highest BCUT2D eigenvalue weighted by Gasteiger charge is 2.35. The van der Waals surface area contributed by atoms with Crippen LogP contribution < -0.4 is 10.4 Å². The van der Waals surface area contributed by atoms with Crippen molar-refractivity contribution in [1.82, 2.24) is 25.2 Å². The summed E-state index contributed by atoms with van der Waals surface area (Å²) < 4.78 is 35.1. The number of fused-ring (bicyclic) bond motifs is 1. The van der Waals surface area contributed by atoms with Crippen LogP contribution in [-0.4, -0.2) is 36.7 Å². The molecule has 40 heavy (non-hydrogen) atoms. The first-order valence-electron chi connectivity index (χ1n) is 12.4. The second kappa shape index (κ2) is 9.92. The molecule has 6 rings (SSSR count). The maximum absolute atomic E-state index is 14.2. The Hall–Kier alpha value is -4.49. The number of thiazole rings is 1. The number of carbonyl (C=O) groups is 2. The van der Waals surface area contributed by atoms with Crippen LogP contribution >= 0.6 is 11.3 Å². The number of nitrogens with one attached hydrogen (secondary N) is 1. The maximum atomic E-state index is 14.2. The number of hydroxylamine groups is 1. The molecule has 0 unspecified atom stereocenters. The summed E-state index contributed by atoms with van der Waals surface area (Å²) in [5.74, 6) is -1.95. The number of aromatic nitrogens is 4. The predicted molar refractivity (Wildman–Crippen MR) is 141 cm³/mol. The lowest BCUT2D eigenvalue weighted by Crippen LogP contribution is -2.39. The average Bonchev–Trinajstić information content (AvgIpc) is 3.66. The van der Waals surface area contributed by atoms with Crippen LogP contribution in [0.1, 0.15) is 52.3 Å². The predicted octanol–water partition coefficient (Wildman–Crippen LogP) is 5.41. The lowest BCUT2D eigenvalue weighted by molar-refractivity contribution is -0.120. The van der Waals surface area contributed by atoms with E-state index in [0.29, 0.717) is 40.6 Å². The smallest absolute Gasteiger partial charge is 0.286 e. The lowest BCUT2D eigenvalue weighted by atomic mass is 9.99. The van der Waals surface area contributed by atoms with Gasteiger partial charge in [0.05, 0.1) is 29.0 Å². The van der Waals surface area contributed by atoms with Gasteiger partial charge in [-0.25, -0.2) is 24.2 Å². The van der Waals surface area contributed by atoms with E-state index < -0.39 is 23.6 Å². The van der Waals surface area contributed by atoms with Crippen molar-refractivity contribution < 1.29 is 28.1 Å². The molecule has 0 saturated carbocycles. The minimum absolute atomic E-state index is 0.162. The van der Waals surface area contributed by atoms with Crippen LogP contribution in [0.5, 0.6) is 0 Å². The Kier molecular flexibility index (Phi) is 6.39. The lowest BCUT2D eigenvalue weighted by Gasteiger charge is -2.35.